The minimum Gasteiger partial charge on any atom is -0.497 e. The van der Waals surface area contributed by atoms with E-state index in [1.54, 1.807) is 59.4 Å². The van der Waals surface area contributed by atoms with Crippen molar-refractivity contribution >= 4 is 21.7 Å². The minimum absolute atomic E-state index is 0.266. The molecule has 0 spiro atoms. The highest BCUT2D eigenvalue weighted by Gasteiger charge is 2.19. The van der Waals surface area contributed by atoms with Gasteiger partial charge in [-0.15, -0.1) is 0 Å². The van der Waals surface area contributed by atoms with E-state index in [0.717, 1.165) is 11.1 Å². The van der Waals surface area contributed by atoms with Crippen molar-refractivity contribution in [3.05, 3.63) is 99.9 Å². The van der Waals surface area contributed by atoms with Crippen molar-refractivity contribution in [2.45, 2.75) is 32.7 Å². The van der Waals surface area contributed by atoms with E-state index < -0.39 is 11.2 Å². The van der Waals surface area contributed by atoms with Gasteiger partial charge in [0.25, 0.3) is 0 Å². The zero-order valence-electron chi connectivity index (χ0n) is 23.6. The van der Waals surface area contributed by atoms with Crippen LogP contribution in [0.25, 0.3) is 21.7 Å². The predicted octanol–water partition coefficient (Wildman–Crippen LogP) is 6.36. The Morgan fingerprint density at radius 3 is 1.98 bits per heavy atom. The van der Waals surface area contributed by atoms with Crippen LogP contribution in [-0.4, -0.2) is 26.4 Å². The fourth-order valence-corrected chi connectivity index (χ4v) is 4.55. The summed E-state index contributed by atoms with van der Waals surface area (Å²) in [5.41, 5.74) is 1.28. The number of fused-ring (bicyclic) bond motifs is 3. The Bertz CT molecular complexity index is 1720. The lowest BCUT2D eigenvalue weighted by Crippen LogP contribution is -2.16. The molecule has 0 radical (unpaired) electrons. The second-order valence-electron chi connectivity index (χ2n) is 10.2. The van der Waals surface area contributed by atoms with Gasteiger partial charge in [0.15, 0.2) is 11.5 Å². The first-order chi connectivity index (χ1) is 19.7. The Labute approximate surface area is 237 Å². The van der Waals surface area contributed by atoms with Crippen LogP contribution >= 0.6 is 0 Å². The number of hydrogen-bond acceptors (Lipinski definition) is 8. The number of methoxy groups -OCH3 is 3. The molecule has 0 aliphatic rings. The second-order valence-corrected chi connectivity index (χ2v) is 10.2. The van der Waals surface area contributed by atoms with Crippen molar-refractivity contribution < 1.29 is 33.2 Å². The van der Waals surface area contributed by atoms with Gasteiger partial charge >= 0.3 is 5.63 Å². The molecule has 4 aromatic carbocycles. The summed E-state index contributed by atoms with van der Waals surface area (Å²) < 4.78 is 33.9. The molecule has 0 saturated heterocycles. The fraction of sp³-hybridized carbons (Fsp3) is 0.242. The molecule has 5 aromatic rings. The third-order valence-corrected chi connectivity index (χ3v) is 6.84. The van der Waals surface area contributed by atoms with Gasteiger partial charge in [-0.25, -0.2) is 4.79 Å². The van der Waals surface area contributed by atoms with Crippen LogP contribution in [0.4, 0.5) is 0 Å². The van der Waals surface area contributed by atoms with Crippen molar-refractivity contribution in [1.82, 2.24) is 0 Å². The van der Waals surface area contributed by atoms with Gasteiger partial charge < -0.3 is 33.2 Å². The monoisotopic (exact) mass is 556 g/mol. The fourth-order valence-electron chi connectivity index (χ4n) is 4.55. The molecule has 8 heteroatoms. The Morgan fingerprint density at radius 1 is 0.659 bits per heavy atom. The van der Waals surface area contributed by atoms with Crippen LogP contribution in [0, 0.1) is 0 Å². The molecule has 0 amide bonds. The quantitative estimate of drug-likeness (QED) is 0.157. The van der Waals surface area contributed by atoms with Crippen LogP contribution in [0.3, 0.4) is 0 Å². The molecule has 1 N–H and O–H groups in total. The van der Waals surface area contributed by atoms with Crippen LogP contribution in [0.5, 0.6) is 28.7 Å². The highest BCUT2D eigenvalue weighted by atomic mass is 16.5. The van der Waals surface area contributed by atoms with Crippen molar-refractivity contribution in [2.24, 2.45) is 0 Å². The van der Waals surface area contributed by atoms with Crippen LogP contribution < -0.4 is 29.3 Å². The molecule has 1 aromatic heterocycles. The predicted molar refractivity (Wildman–Crippen MR) is 156 cm³/mol. The number of aliphatic hydroxyl groups is 1. The van der Waals surface area contributed by atoms with E-state index in [0.29, 0.717) is 62.7 Å². The van der Waals surface area contributed by atoms with Gasteiger partial charge in [0, 0.05) is 22.9 Å². The SMILES string of the molecule is COc1cc(COc2ccc(COc3cc4oc(=O)c5cc(C(C)(C)O)ccc5c4cc3OC)cc2)cc(OC)c1. The smallest absolute Gasteiger partial charge is 0.344 e. The van der Waals surface area contributed by atoms with Gasteiger partial charge in [-0.05, 0) is 66.9 Å². The molecule has 41 heavy (non-hydrogen) atoms. The summed E-state index contributed by atoms with van der Waals surface area (Å²) in [6.45, 7) is 3.97. The van der Waals surface area contributed by atoms with Crippen LogP contribution in [0.2, 0.25) is 0 Å². The normalized spacial score (nSPS) is 11.5. The van der Waals surface area contributed by atoms with Crippen molar-refractivity contribution in [3.8, 4) is 28.7 Å². The minimum atomic E-state index is -1.08. The lowest BCUT2D eigenvalue weighted by molar-refractivity contribution is 0.0787. The maximum absolute atomic E-state index is 12.8. The molecule has 0 aliphatic carbocycles. The average Bonchev–Trinajstić information content (AvgIpc) is 2.98. The van der Waals surface area contributed by atoms with Crippen LogP contribution in [-0.2, 0) is 18.8 Å². The highest BCUT2D eigenvalue weighted by molar-refractivity contribution is 6.05. The largest absolute Gasteiger partial charge is 0.497 e. The Morgan fingerprint density at radius 2 is 1.34 bits per heavy atom. The molecule has 0 unspecified atom stereocenters. The average molecular weight is 557 g/mol. The molecule has 5 rings (SSSR count). The molecule has 0 saturated carbocycles. The number of rotatable bonds is 10. The van der Waals surface area contributed by atoms with Crippen molar-refractivity contribution in [3.63, 3.8) is 0 Å². The lowest BCUT2D eigenvalue weighted by atomic mass is 9.95. The second kappa shape index (κ2) is 11.4. The molecule has 0 aliphatic heterocycles. The molecular weight excluding hydrogens is 524 g/mol. The molecule has 0 fully saturated rings. The summed E-state index contributed by atoms with van der Waals surface area (Å²) in [5.74, 6) is 3.06. The summed E-state index contributed by atoms with van der Waals surface area (Å²) in [7, 11) is 4.78. The van der Waals surface area contributed by atoms with Crippen LogP contribution in [0.1, 0.15) is 30.5 Å². The third-order valence-electron chi connectivity index (χ3n) is 6.84. The van der Waals surface area contributed by atoms with Gasteiger partial charge in [0.2, 0.25) is 0 Å². The first-order valence-corrected chi connectivity index (χ1v) is 13.1. The first-order valence-electron chi connectivity index (χ1n) is 13.1. The van der Waals surface area contributed by atoms with Gasteiger partial charge in [-0.1, -0.05) is 24.3 Å². The Balaban J connectivity index is 1.32. The molecule has 212 valence electrons. The Hall–Kier alpha value is -4.69. The number of ether oxygens (including phenoxy) is 5. The topological polar surface area (TPSA) is 96.6 Å². The Kier molecular flexibility index (Phi) is 7.77. The van der Waals surface area contributed by atoms with E-state index in [9.17, 15) is 9.90 Å². The molecule has 0 bridgehead atoms. The number of benzene rings is 4. The van der Waals surface area contributed by atoms with Gasteiger partial charge in [-0.2, -0.15) is 0 Å². The summed E-state index contributed by atoms with van der Waals surface area (Å²) in [6, 6.07) is 22.0. The van der Waals surface area contributed by atoms with Crippen molar-refractivity contribution in [1.29, 1.82) is 0 Å². The van der Waals surface area contributed by atoms with Crippen molar-refractivity contribution in [2.75, 3.05) is 21.3 Å². The summed E-state index contributed by atoms with van der Waals surface area (Å²) in [4.78, 5) is 12.8. The molecular formula is C33H32O8. The third kappa shape index (κ3) is 6.07. The van der Waals surface area contributed by atoms with E-state index in [-0.39, 0.29) is 6.61 Å². The maximum Gasteiger partial charge on any atom is 0.344 e. The zero-order chi connectivity index (χ0) is 29.1. The van der Waals surface area contributed by atoms with E-state index >= 15 is 0 Å². The standard InChI is InChI=1S/C33H32O8/c1-33(2,35)22-8-11-26-27-16-30(38-5)31(17-29(27)41-32(34)28(26)14-22)40-18-20-6-9-23(10-7-20)39-19-21-12-24(36-3)15-25(13-21)37-4/h6-17,35H,18-19H2,1-5H3. The lowest BCUT2D eigenvalue weighted by Gasteiger charge is -2.18. The molecule has 0 atom stereocenters. The van der Waals surface area contributed by atoms with Gasteiger partial charge in [-0.3, -0.25) is 0 Å². The maximum atomic E-state index is 12.8. The molecule has 8 nitrogen and oxygen atoms in total. The van der Waals surface area contributed by atoms with E-state index in [4.69, 9.17) is 28.1 Å². The van der Waals surface area contributed by atoms with E-state index in [2.05, 4.69) is 0 Å². The zero-order valence-corrected chi connectivity index (χ0v) is 23.6. The first kappa shape index (κ1) is 27.9. The summed E-state index contributed by atoms with van der Waals surface area (Å²) in [5, 5.41) is 12.2. The highest BCUT2D eigenvalue weighted by Crippen LogP contribution is 2.36. The van der Waals surface area contributed by atoms with Crippen LogP contribution in [0.15, 0.2) is 82.0 Å². The molecule has 1 heterocycles. The van der Waals surface area contributed by atoms with E-state index in [1.165, 1.54) is 0 Å². The summed E-state index contributed by atoms with van der Waals surface area (Å²) >= 11 is 0. The van der Waals surface area contributed by atoms with E-state index in [1.807, 2.05) is 48.5 Å². The summed E-state index contributed by atoms with van der Waals surface area (Å²) in [6.07, 6.45) is 0. The number of hydrogen-bond donors (Lipinski definition) is 1. The van der Waals surface area contributed by atoms with Gasteiger partial charge in [0.05, 0.1) is 32.3 Å². The van der Waals surface area contributed by atoms with Gasteiger partial charge in [0.1, 0.15) is 36.0 Å².